The summed E-state index contributed by atoms with van der Waals surface area (Å²) in [5, 5.41) is 0. The molecule has 0 aromatic heterocycles. The topological polar surface area (TPSA) is 46.3 Å². The highest BCUT2D eigenvalue weighted by atomic mass is 35.5. The van der Waals surface area contributed by atoms with Gasteiger partial charge in [0.1, 0.15) is 0 Å². The Bertz CT molecular complexity index is 392. The van der Waals surface area contributed by atoms with E-state index in [2.05, 4.69) is 0 Å². The first kappa shape index (κ1) is 16.0. The fraction of sp³-hybridized carbons (Fsp3) is 0.533. The van der Waals surface area contributed by atoms with Gasteiger partial charge in [0.05, 0.1) is 6.04 Å². The van der Waals surface area contributed by atoms with Crippen LogP contribution in [0.25, 0.3) is 0 Å². The fourth-order valence-electron chi connectivity index (χ4n) is 2.24. The summed E-state index contributed by atoms with van der Waals surface area (Å²) in [5.41, 5.74) is 6.87. The summed E-state index contributed by atoms with van der Waals surface area (Å²) in [6.45, 7) is 2.77. The molecule has 0 saturated heterocycles. The molecule has 2 N–H and O–H groups in total. The van der Waals surface area contributed by atoms with E-state index in [1.807, 2.05) is 42.2 Å². The van der Waals surface area contributed by atoms with Gasteiger partial charge < -0.3 is 10.6 Å². The highest BCUT2D eigenvalue weighted by Crippen LogP contribution is 2.29. The lowest BCUT2D eigenvalue weighted by Gasteiger charge is -2.33. The van der Waals surface area contributed by atoms with Crippen LogP contribution in [0.5, 0.6) is 0 Å². The lowest BCUT2D eigenvalue weighted by Crippen LogP contribution is -2.46. The second-order valence-electron chi connectivity index (χ2n) is 5.10. The van der Waals surface area contributed by atoms with Crippen molar-refractivity contribution < 1.29 is 4.79 Å². The lowest BCUT2D eigenvalue weighted by molar-refractivity contribution is -0.120. The van der Waals surface area contributed by atoms with E-state index in [1.54, 1.807) is 0 Å². The highest BCUT2D eigenvalue weighted by molar-refractivity contribution is 5.97. The monoisotopic (exact) mass is 282 g/mol. The number of halogens is 1. The van der Waals surface area contributed by atoms with Gasteiger partial charge in [-0.2, -0.15) is 0 Å². The summed E-state index contributed by atoms with van der Waals surface area (Å²) in [6.07, 6.45) is 4.45. The summed E-state index contributed by atoms with van der Waals surface area (Å²) in [6, 6.07) is 9.49. The van der Waals surface area contributed by atoms with Crippen molar-refractivity contribution in [3.8, 4) is 0 Å². The number of anilines is 1. The molecule has 19 heavy (non-hydrogen) atoms. The molecule has 3 nitrogen and oxygen atoms in total. The van der Waals surface area contributed by atoms with Crippen molar-refractivity contribution in [3.63, 3.8) is 0 Å². The Kier molecular flexibility index (Phi) is 6.32. The summed E-state index contributed by atoms with van der Waals surface area (Å²) in [7, 11) is 0. The van der Waals surface area contributed by atoms with Gasteiger partial charge in [0.15, 0.2) is 0 Å². The van der Waals surface area contributed by atoms with Gasteiger partial charge >= 0.3 is 0 Å². The zero-order chi connectivity index (χ0) is 13.0. The van der Waals surface area contributed by atoms with Crippen molar-refractivity contribution in [1.82, 2.24) is 0 Å². The van der Waals surface area contributed by atoms with E-state index >= 15 is 0 Å². The van der Waals surface area contributed by atoms with Crippen molar-refractivity contribution in [3.05, 3.63) is 30.3 Å². The maximum absolute atomic E-state index is 12.4. The van der Waals surface area contributed by atoms with Crippen LogP contribution in [-0.2, 0) is 4.79 Å². The third kappa shape index (κ3) is 3.95. The van der Waals surface area contributed by atoms with Crippen molar-refractivity contribution in [1.29, 1.82) is 0 Å². The minimum absolute atomic E-state index is 0. The number of carbonyl (C=O) groups is 1. The summed E-state index contributed by atoms with van der Waals surface area (Å²) >= 11 is 0. The fourth-order valence-corrected chi connectivity index (χ4v) is 2.24. The van der Waals surface area contributed by atoms with Crippen molar-refractivity contribution >= 4 is 24.0 Å². The van der Waals surface area contributed by atoms with Crippen molar-refractivity contribution in [2.45, 2.75) is 38.6 Å². The number of nitrogens with zero attached hydrogens (tertiary/aromatic N) is 1. The molecule has 1 aliphatic rings. The number of para-hydroxylation sites is 1. The molecule has 1 atom stereocenters. The number of hydrogen-bond acceptors (Lipinski definition) is 2. The van der Waals surface area contributed by atoms with E-state index in [0.29, 0.717) is 12.3 Å². The average molecular weight is 283 g/mol. The predicted molar refractivity (Wildman–Crippen MR) is 81.7 cm³/mol. The van der Waals surface area contributed by atoms with E-state index in [1.165, 1.54) is 19.3 Å². The van der Waals surface area contributed by atoms with Crippen LogP contribution in [0.2, 0.25) is 0 Å². The van der Waals surface area contributed by atoms with Crippen LogP contribution >= 0.6 is 12.4 Å². The van der Waals surface area contributed by atoms with Crippen LogP contribution in [-0.4, -0.2) is 18.5 Å². The molecule has 0 bridgehead atoms. The molecule has 1 amide bonds. The van der Waals surface area contributed by atoms with Crippen LogP contribution in [0.4, 0.5) is 5.69 Å². The van der Waals surface area contributed by atoms with Gasteiger partial charge in [-0.1, -0.05) is 31.5 Å². The van der Waals surface area contributed by atoms with Crippen LogP contribution in [0, 0.1) is 5.92 Å². The normalized spacial score (nSPS) is 16.1. The minimum Gasteiger partial charge on any atom is -0.320 e. The van der Waals surface area contributed by atoms with E-state index < -0.39 is 0 Å². The van der Waals surface area contributed by atoms with E-state index in [0.717, 1.165) is 12.2 Å². The predicted octanol–water partition coefficient (Wildman–Crippen LogP) is 2.98. The molecule has 0 unspecified atom stereocenters. The Balaban J connectivity index is 0.00000180. The molecule has 1 aromatic rings. The molecule has 1 fully saturated rings. The highest BCUT2D eigenvalue weighted by Gasteiger charge is 2.26. The third-order valence-corrected chi connectivity index (χ3v) is 3.76. The molecule has 0 heterocycles. The van der Waals surface area contributed by atoms with Gasteiger partial charge in [-0.15, -0.1) is 12.4 Å². The van der Waals surface area contributed by atoms with Gasteiger partial charge in [0, 0.05) is 12.2 Å². The molecule has 106 valence electrons. The minimum atomic E-state index is -0.384. The molecule has 4 heteroatoms. The number of rotatable bonds is 5. The molecule has 1 aromatic carbocycles. The maximum atomic E-state index is 12.4. The van der Waals surface area contributed by atoms with Crippen LogP contribution in [0.1, 0.15) is 32.6 Å². The smallest absolute Gasteiger partial charge is 0.243 e. The molecular weight excluding hydrogens is 260 g/mol. The Morgan fingerprint density at radius 2 is 2.00 bits per heavy atom. The van der Waals surface area contributed by atoms with Crippen molar-refractivity contribution in [2.24, 2.45) is 11.7 Å². The summed E-state index contributed by atoms with van der Waals surface area (Å²) < 4.78 is 0. The first-order chi connectivity index (χ1) is 8.72. The van der Waals surface area contributed by atoms with Gasteiger partial charge in [-0.3, -0.25) is 4.79 Å². The van der Waals surface area contributed by atoms with E-state index in [-0.39, 0.29) is 24.4 Å². The number of amides is 1. The number of nitrogens with two attached hydrogens (primary N) is 1. The Labute approximate surface area is 121 Å². The van der Waals surface area contributed by atoms with Crippen molar-refractivity contribution in [2.75, 3.05) is 11.4 Å². The molecule has 1 saturated carbocycles. The van der Waals surface area contributed by atoms with Crippen LogP contribution < -0.4 is 10.6 Å². The second-order valence-corrected chi connectivity index (χ2v) is 5.10. The zero-order valence-electron chi connectivity index (χ0n) is 11.4. The maximum Gasteiger partial charge on any atom is 0.243 e. The molecule has 2 rings (SSSR count). The molecule has 0 spiro atoms. The van der Waals surface area contributed by atoms with E-state index in [4.69, 9.17) is 5.73 Å². The van der Waals surface area contributed by atoms with E-state index in [9.17, 15) is 4.79 Å². The van der Waals surface area contributed by atoms with Gasteiger partial charge in [0.25, 0.3) is 0 Å². The Morgan fingerprint density at radius 3 is 2.47 bits per heavy atom. The van der Waals surface area contributed by atoms with Gasteiger partial charge in [-0.05, 0) is 37.3 Å². The average Bonchev–Trinajstić information content (AvgIpc) is 2.37. The zero-order valence-corrected chi connectivity index (χ0v) is 12.2. The Hall–Kier alpha value is -1.06. The standard InChI is InChI=1S/C15H22N2O.ClH/c1-2-14(16)15(18)17(11-12-7-6-8-12)13-9-4-3-5-10-13;/h3-5,9-10,12,14H,2,6-8,11,16H2,1H3;1H/t14-;/m0./s1. The lowest BCUT2D eigenvalue weighted by atomic mass is 9.85. The molecular formula is C15H23ClN2O. The van der Waals surface area contributed by atoms with Crippen LogP contribution in [0.3, 0.4) is 0 Å². The molecule has 1 aliphatic carbocycles. The first-order valence-electron chi connectivity index (χ1n) is 6.84. The second kappa shape index (κ2) is 7.51. The number of hydrogen-bond donors (Lipinski definition) is 1. The van der Waals surface area contributed by atoms with Crippen LogP contribution in [0.15, 0.2) is 30.3 Å². The number of carbonyl (C=O) groups excluding carboxylic acids is 1. The first-order valence-corrected chi connectivity index (χ1v) is 6.84. The Morgan fingerprint density at radius 1 is 1.37 bits per heavy atom. The molecule has 0 radical (unpaired) electrons. The summed E-state index contributed by atoms with van der Waals surface area (Å²) in [4.78, 5) is 14.2. The quantitative estimate of drug-likeness (QED) is 0.902. The summed E-state index contributed by atoms with van der Waals surface area (Å²) in [5.74, 6) is 0.703. The largest absolute Gasteiger partial charge is 0.320 e. The van der Waals surface area contributed by atoms with Gasteiger partial charge in [-0.25, -0.2) is 0 Å². The molecule has 0 aliphatic heterocycles. The SMILES string of the molecule is CC[C@H](N)C(=O)N(CC1CCC1)c1ccccc1.Cl. The van der Waals surface area contributed by atoms with Gasteiger partial charge in [0.2, 0.25) is 5.91 Å². The number of benzene rings is 1. The third-order valence-electron chi connectivity index (χ3n) is 3.76.